The largest absolute Gasteiger partial charge is 0.611 e. The standard InChI is InChI=1S/C31H30ClNO4S/c1-33(26-9-5-24(32)6-10-26)25-7-2-22(3-8-25)29(34)23-4-11-28(27(15-23)30(35)36)38(37)31-16-19-12-20(17-31)14-21(13-19)18-31/h2-11,15,19-21H,12-14,16-18H2,1H3,(H,35,36). The minimum absolute atomic E-state index is 0.0241. The van der Waals surface area contributed by atoms with Gasteiger partial charge in [0.05, 0.1) is 0 Å². The van der Waals surface area contributed by atoms with E-state index in [1.165, 1.54) is 25.3 Å². The van der Waals surface area contributed by atoms with E-state index in [1.807, 2.05) is 48.3 Å². The van der Waals surface area contributed by atoms with Crippen LogP contribution in [0.5, 0.6) is 0 Å². The molecule has 0 amide bonds. The molecule has 0 radical (unpaired) electrons. The van der Waals surface area contributed by atoms with Crippen molar-refractivity contribution in [3.8, 4) is 0 Å². The van der Waals surface area contributed by atoms with Gasteiger partial charge in [-0.25, -0.2) is 4.79 Å². The molecule has 0 aliphatic heterocycles. The molecule has 3 aromatic rings. The molecule has 0 saturated heterocycles. The van der Waals surface area contributed by atoms with Crippen molar-refractivity contribution in [3.63, 3.8) is 0 Å². The molecule has 38 heavy (non-hydrogen) atoms. The number of hydrogen-bond acceptors (Lipinski definition) is 4. The Morgan fingerprint density at radius 2 is 1.37 bits per heavy atom. The van der Waals surface area contributed by atoms with Gasteiger partial charge in [-0.2, -0.15) is 0 Å². The van der Waals surface area contributed by atoms with E-state index >= 15 is 0 Å². The van der Waals surface area contributed by atoms with Gasteiger partial charge in [0.25, 0.3) is 0 Å². The van der Waals surface area contributed by atoms with Crippen LogP contribution >= 0.6 is 11.6 Å². The number of carbonyl (C=O) groups excluding carboxylic acids is 1. The van der Waals surface area contributed by atoms with Gasteiger partial charge in [-0.1, -0.05) is 11.6 Å². The summed E-state index contributed by atoms with van der Waals surface area (Å²) in [4.78, 5) is 27.9. The Kier molecular flexibility index (Phi) is 6.53. The normalized spacial score (nSPS) is 26.2. The van der Waals surface area contributed by atoms with Crippen LogP contribution < -0.4 is 4.90 Å². The van der Waals surface area contributed by atoms with E-state index in [9.17, 15) is 19.2 Å². The Balaban J connectivity index is 1.25. The Hall–Kier alpha value is -2.80. The second-order valence-electron chi connectivity index (χ2n) is 11.3. The molecule has 7 rings (SSSR count). The lowest BCUT2D eigenvalue weighted by Crippen LogP contribution is -2.54. The van der Waals surface area contributed by atoms with Gasteiger partial charge in [-0.05, 0) is 115 Å². The molecular formula is C31H30ClNO4S. The van der Waals surface area contributed by atoms with Crippen LogP contribution in [0.1, 0.15) is 64.8 Å². The van der Waals surface area contributed by atoms with Crippen molar-refractivity contribution < 1.29 is 19.2 Å². The SMILES string of the molecule is CN(c1ccc(Cl)cc1)c1ccc(C(=O)c2ccc([S+]([O-])C34CC5CC(CC(C5)C3)C4)c(C(=O)O)c2)cc1. The maximum atomic E-state index is 14.0. The van der Waals surface area contributed by atoms with E-state index in [0.717, 1.165) is 30.6 Å². The second-order valence-corrected chi connectivity index (χ2v) is 13.6. The van der Waals surface area contributed by atoms with E-state index in [0.29, 0.717) is 33.2 Å². The Morgan fingerprint density at radius 1 is 0.868 bits per heavy atom. The van der Waals surface area contributed by atoms with Crippen molar-refractivity contribution >= 4 is 45.9 Å². The van der Waals surface area contributed by atoms with Gasteiger partial charge in [0.1, 0.15) is 10.3 Å². The molecule has 4 saturated carbocycles. The molecule has 4 aliphatic carbocycles. The highest BCUT2D eigenvalue weighted by Crippen LogP contribution is 2.59. The molecule has 7 heteroatoms. The quantitative estimate of drug-likeness (QED) is 0.252. The molecule has 196 valence electrons. The van der Waals surface area contributed by atoms with E-state index < -0.39 is 17.1 Å². The number of carbonyl (C=O) groups is 2. The lowest BCUT2D eigenvalue weighted by atomic mass is 9.56. The molecule has 0 heterocycles. The Bertz CT molecular complexity index is 1350. The zero-order valence-corrected chi connectivity index (χ0v) is 22.8. The van der Waals surface area contributed by atoms with E-state index in [1.54, 1.807) is 24.3 Å². The number of ketones is 1. The highest BCUT2D eigenvalue weighted by Gasteiger charge is 2.58. The summed E-state index contributed by atoms with van der Waals surface area (Å²) >= 11 is 4.57. The first kappa shape index (κ1) is 25.5. The monoisotopic (exact) mass is 547 g/mol. The van der Waals surface area contributed by atoms with Crippen LogP contribution in [0.3, 0.4) is 0 Å². The molecule has 0 spiro atoms. The fourth-order valence-corrected chi connectivity index (χ4v) is 9.60. The summed E-state index contributed by atoms with van der Waals surface area (Å²) < 4.78 is 13.6. The third-order valence-corrected chi connectivity index (χ3v) is 11.1. The molecule has 4 bridgehead atoms. The van der Waals surface area contributed by atoms with Gasteiger partial charge < -0.3 is 14.6 Å². The smallest absolute Gasteiger partial charge is 0.340 e. The zero-order valence-electron chi connectivity index (χ0n) is 21.2. The lowest BCUT2D eigenvalue weighted by molar-refractivity contribution is 0.0338. The minimum atomic E-state index is -1.42. The highest BCUT2D eigenvalue weighted by molar-refractivity contribution is 7.93. The van der Waals surface area contributed by atoms with Gasteiger partial charge >= 0.3 is 5.97 Å². The number of anilines is 2. The lowest BCUT2D eigenvalue weighted by Gasteiger charge is -2.55. The number of halogens is 1. The van der Waals surface area contributed by atoms with E-state index in [2.05, 4.69) is 0 Å². The van der Waals surface area contributed by atoms with Crippen molar-refractivity contribution in [1.29, 1.82) is 0 Å². The molecule has 1 unspecified atom stereocenters. The van der Waals surface area contributed by atoms with Crippen LogP contribution in [-0.4, -0.2) is 33.2 Å². The van der Waals surface area contributed by atoms with Crippen molar-refractivity contribution in [2.24, 2.45) is 17.8 Å². The van der Waals surface area contributed by atoms with Crippen molar-refractivity contribution in [2.75, 3.05) is 11.9 Å². The predicted octanol–water partition coefficient (Wildman–Crippen LogP) is 7.11. The number of aromatic carboxylic acids is 1. The first-order valence-corrected chi connectivity index (χ1v) is 14.7. The Morgan fingerprint density at radius 3 is 1.89 bits per heavy atom. The van der Waals surface area contributed by atoms with Crippen LogP contribution in [0, 0.1) is 17.8 Å². The fourth-order valence-electron chi connectivity index (χ4n) is 7.31. The number of carboxylic acids is 1. The average molecular weight is 548 g/mol. The molecule has 3 aromatic carbocycles. The molecule has 5 nitrogen and oxygen atoms in total. The van der Waals surface area contributed by atoms with Crippen molar-refractivity contribution in [3.05, 3.63) is 88.4 Å². The van der Waals surface area contributed by atoms with Gasteiger partial charge in [0.15, 0.2) is 10.7 Å². The molecule has 4 aliphatic rings. The number of nitrogens with zero attached hydrogens (tertiary/aromatic N) is 1. The van der Waals surface area contributed by atoms with E-state index in [-0.39, 0.29) is 21.7 Å². The number of carboxylic acid groups (broad SMARTS) is 1. The average Bonchev–Trinajstić information content (AvgIpc) is 2.91. The van der Waals surface area contributed by atoms with Crippen LogP contribution in [0.4, 0.5) is 11.4 Å². The summed E-state index contributed by atoms with van der Waals surface area (Å²) in [6.07, 6.45) is 6.43. The zero-order chi connectivity index (χ0) is 26.6. The summed E-state index contributed by atoms with van der Waals surface area (Å²) in [6.45, 7) is 0. The van der Waals surface area contributed by atoms with Crippen LogP contribution in [0.2, 0.25) is 5.02 Å². The number of rotatable bonds is 7. The van der Waals surface area contributed by atoms with Gasteiger partial charge in [0.2, 0.25) is 0 Å². The Labute approximate surface area is 231 Å². The predicted molar refractivity (Wildman–Crippen MR) is 150 cm³/mol. The summed E-state index contributed by atoms with van der Waals surface area (Å²) in [6, 6.07) is 19.4. The third kappa shape index (κ3) is 4.53. The first-order chi connectivity index (χ1) is 18.2. The summed E-state index contributed by atoms with van der Waals surface area (Å²) in [5.74, 6) is 0.427. The molecule has 1 atom stereocenters. The van der Waals surface area contributed by atoms with Crippen molar-refractivity contribution in [1.82, 2.24) is 0 Å². The minimum Gasteiger partial charge on any atom is -0.611 e. The molecule has 0 aromatic heterocycles. The first-order valence-electron chi connectivity index (χ1n) is 13.2. The molecular weight excluding hydrogens is 518 g/mol. The number of hydrogen-bond donors (Lipinski definition) is 1. The van der Waals surface area contributed by atoms with Crippen molar-refractivity contribution in [2.45, 2.75) is 48.2 Å². The third-order valence-electron chi connectivity index (χ3n) is 8.78. The summed E-state index contributed by atoms with van der Waals surface area (Å²) in [7, 11) is 1.93. The van der Waals surface area contributed by atoms with E-state index in [4.69, 9.17) is 11.6 Å². The molecule has 1 N–H and O–H groups in total. The fraction of sp³-hybridized carbons (Fsp3) is 0.355. The maximum absolute atomic E-state index is 14.0. The summed E-state index contributed by atoms with van der Waals surface area (Å²) in [5, 5.41) is 10.7. The van der Waals surface area contributed by atoms with Crippen LogP contribution in [0.25, 0.3) is 0 Å². The van der Waals surface area contributed by atoms with Gasteiger partial charge in [0, 0.05) is 53.8 Å². The van der Waals surface area contributed by atoms with Gasteiger partial charge in [-0.3, -0.25) is 4.79 Å². The summed E-state index contributed by atoms with van der Waals surface area (Å²) in [5.41, 5.74) is 2.58. The second kappa shape index (κ2) is 9.74. The maximum Gasteiger partial charge on any atom is 0.340 e. The van der Waals surface area contributed by atoms with Crippen LogP contribution in [-0.2, 0) is 11.2 Å². The van der Waals surface area contributed by atoms with Gasteiger partial charge in [-0.15, -0.1) is 0 Å². The molecule has 4 fully saturated rings. The van der Waals surface area contributed by atoms with Crippen LogP contribution in [0.15, 0.2) is 71.6 Å². The topological polar surface area (TPSA) is 80.7 Å². The highest BCUT2D eigenvalue weighted by atomic mass is 35.5. The number of benzene rings is 3.